The monoisotopic (exact) mass is 264 g/mol. The first-order valence-corrected chi connectivity index (χ1v) is 8.87. The fraction of sp³-hybridized carbons (Fsp3) is 1.00. The van der Waals surface area contributed by atoms with Gasteiger partial charge in [0.25, 0.3) is 0 Å². The Morgan fingerprint density at radius 3 is 2.05 bits per heavy atom. The van der Waals surface area contributed by atoms with Crippen molar-refractivity contribution in [3.63, 3.8) is 0 Å². The predicted octanol–water partition coefficient (Wildman–Crippen LogP) is 4.92. The largest absolute Gasteiger partial charge is 0.393 e. The van der Waals surface area contributed by atoms with Gasteiger partial charge in [-0.2, -0.15) is 0 Å². The maximum Gasteiger partial charge on any atom is 0.0545 e. The lowest BCUT2D eigenvalue weighted by atomic mass is 9.48. The zero-order valence-electron chi connectivity index (χ0n) is 12.7. The molecule has 0 amide bonds. The van der Waals surface area contributed by atoms with E-state index in [1.165, 1.54) is 64.2 Å². The van der Waals surface area contributed by atoms with Crippen LogP contribution in [0.3, 0.4) is 0 Å². The van der Waals surface area contributed by atoms with Crippen LogP contribution >= 0.6 is 0 Å². The molecular formula is C18H32O. The summed E-state index contributed by atoms with van der Waals surface area (Å²) in [5.41, 5.74) is 0.568. The zero-order valence-corrected chi connectivity index (χ0v) is 12.7. The summed E-state index contributed by atoms with van der Waals surface area (Å²) in [5, 5.41) is 10.4. The van der Waals surface area contributed by atoms with Crippen LogP contribution in [0.2, 0.25) is 0 Å². The van der Waals surface area contributed by atoms with Gasteiger partial charge in [-0.3, -0.25) is 0 Å². The maximum absolute atomic E-state index is 10.4. The SMILES string of the molecule is CCCCCCC(O)CC12CC3CC(CC(C3)C1)C2. The number of rotatable bonds is 7. The van der Waals surface area contributed by atoms with Gasteiger partial charge in [0.2, 0.25) is 0 Å². The molecule has 4 fully saturated rings. The summed E-state index contributed by atoms with van der Waals surface area (Å²) < 4.78 is 0. The van der Waals surface area contributed by atoms with Crippen molar-refractivity contribution in [3.05, 3.63) is 0 Å². The van der Waals surface area contributed by atoms with Crippen molar-refractivity contribution < 1.29 is 5.11 Å². The van der Waals surface area contributed by atoms with Crippen LogP contribution in [0.5, 0.6) is 0 Å². The third-order valence-corrected chi connectivity index (χ3v) is 6.22. The summed E-state index contributed by atoms with van der Waals surface area (Å²) in [6, 6.07) is 0. The summed E-state index contributed by atoms with van der Waals surface area (Å²) in [6.45, 7) is 2.26. The normalized spacial score (nSPS) is 41.7. The second-order valence-corrected chi connectivity index (χ2v) is 8.12. The van der Waals surface area contributed by atoms with E-state index in [2.05, 4.69) is 6.92 Å². The van der Waals surface area contributed by atoms with E-state index in [1.54, 1.807) is 0 Å². The van der Waals surface area contributed by atoms with E-state index in [0.29, 0.717) is 5.41 Å². The average molecular weight is 264 g/mol. The summed E-state index contributed by atoms with van der Waals surface area (Å²) in [5.74, 6) is 3.08. The molecule has 0 spiro atoms. The van der Waals surface area contributed by atoms with E-state index < -0.39 is 0 Å². The molecule has 4 bridgehead atoms. The van der Waals surface area contributed by atoms with Gasteiger partial charge < -0.3 is 5.11 Å². The lowest BCUT2D eigenvalue weighted by Gasteiger charge is -2.57. The molecular weight excluding hydrogens is 232 g/mol. The second kappa shape index (κ2) is 5.76. The van der Waals surface area contributed by atoms with Gasteiger partial charge in [0, 0.05) is 0 Å². The summed E-state index contributed by atoms with van der Waals surface area (Å²) in [6.07, 6.45) is 16.3. The molecule has 19 heavy (non-hydrogen) atoms. The third-order valence-electron chi connectivity index (χ3n) is 6.22. The number of unbranched alkanes of at least 4 members (excludes halogenated alkanes) is 3. The summed E-state index contributed by atoms with van der Waals surface area (Å²) >= 11 is 0. The molecule has 4 aliphatic carbocycles. The van der Waals surface area contributed by atoms with Crippen molar-refractivity contribution in [2.45, 2.75) is 90.1 Å². The van der Waals surface area contributed by atoms with E-state index in [0.717, 1.165) is 30.6 Å². The van der Waals surface area contributed by atoms with Crippen LogP contribution in [0, 0.1) is 23.2 Å². The minimum atomic E-state index is -0.00638. The topological polar surface area (TPSA) is 20.2 Å². The van der Waals surface area contributed by atoms with Gasteiger partial charge in [0.15, 0.2) is 0 Å². The van der Waals surface area contributed by atoms with Gasteiger partial charge in [-0.25, -0.2) is 0 Å². The molecule has 0 aliphatic heterocycles. The molecule has 0 saturated heterocycles. The van der Waals surface area contributed by atoms with Gasteiger partial charge in [-0.15, -0.1) is 0 Å². The molecule has 0 aromatic heterocycles. The number of aliphatic hydroxyl groups is 1. The van der Waals surface area contributed by atoms with Crippen LogP contribution in [0.15, 0.2) is 0 Å². The summed E-state index contributed by atoms with van der Waals surface area (Å²) in [4.78, 5) is 0. The highest BCUT2D eigenvalue weighted by Crippen LogP contribution is 2.61. The molecule has 1 N–H and O–H groups in total. The average Bonchev–Trinajstić information content (AvgIpc) is 2.32. The van der Waals surface area contributed by atoms with E-state index >= 15 is 0 Å². The van der Waals surface area contributed by atoms with Gasteiger partial charge in [0.05, 0.1) is 6.10 Å². The predicted molar refractivity (Wildman–Crippen MR) is 80.0 cm³/mol. The molecule has 1 unspecified atom stereocenters. The highest BCUT2D eigenvalue weighted by Gasteiger charge is 2.51. The van der Waals surface area contributed by atoms with Crippen molar-refractivity contribution >= 4 is 0 Å². The van der Waals surface area contributed by atoms with E-state index in [9.17, 15) is 5.11 Å². The Morgan fingerprint density at radius 2 is 1.53 bits per heavy atom. The van der Waals surface area contributed by atoms with Crippen molar-refractivity contribution in [3.8, 4) is 0 Å². The summed E-state index contributed by atoms with van der Waals surface area (Å²) in [7, 11) is 0. The van der Waals surface area contributed by atoms with Crippen molar-refractivity contribution in [1.29, 1.82) is 0 Å². The first-order valence-electron chi connectivity index (χ1n) is 8.87. The van der Waals surface area contributed by atoms with Crippen molar-refractivity contribution in [2.75, 3.05) is 0 Å². The molecule has 4 aliphatic rings. The van der Waals surface area contributed by atoms with Crippen molar-refractivity contribution in [2.24, 2.45) is 23.2 Å². The highest BCUT2D eigenvalue weighted by atomic mass is 16.3. The quantitative estimate of drug-likeness (QED) is 0.647. The minimum absolute atomic E-state index is 0.00638. The second-order valence-electron chi connectivity index (χ2n) is 8.12. The van der Waals surface area contributed by atoms with Crippen LogP contribution in [-0.4, -0.2) is 11.2 Å². The molecule has 1 nitrogen and oxygen atoms in total. The van der Waals surface area contributed by atoms with E-state index in [1.807, 2.05) is 0 Å². The molecule has 4 rings (SSSR count). The highest BCUT2D eigenvalue weighted by molar-refractivity contribution is 5.01. The number of hydrogen-bond acceptors (Lipinski definition) is 1. The van der Waals surface area contributed by atoms with Gasteiger partial charge in [-0.1, -0.05) is 32.6 Å². The van der Waals surface area contributed by atoms with E-state index in [4.69, 9.17) is 0 Å². The fourth-order valence-corrected chi connectivity index (χ4v) is 5.95. The lowest BCUT2D eigenvalue weighted by molar-refractivity contribution is -0.0768. The van der Waals surface area contributed by atoms with Gasteiger partial charge in [-0.05, 0) is 74.5 Å². The Labute approximate surface area is 119 Å². The van der Waals surface area contributed by atoms with Gasteiger partial charge >= 0.3 is 0 Å². The van der Waals surface area contributed by atoms with Crippen molar-refractivity contribution in [1.82, 2.24) is 0 Å². The molecule has 1 atom stereocenters. The first kappa shape index (κ1) is 13.9. The molecule has 0 aromatic carbocycles. The molecule has 110 valence electrons. The third kappa shape index (κ3) is 3.17. The Hall–Kier alpha value is -0.0400. The first-order chi connectivity index (χ1) is 9.19. The lowest BCUT2D eigenvalue weighted by Crippen LogP contribution is -2.47. The van der Waals surface area contributed by atoms with Crippen LogP contribution in [0.25, 0.3) is 0 Å². The Morgan fingerprint density at radius 1 is 0.947 bits per heavy atom. The molecule has 1 heteroatoms. The Kier molecular flexibility index (Phi) is 4.22. The Bertz CT molecular complexity index is 261. The van der Waals surface area contributed by atoms with Crippen LogP contribution in [0.1, 0.15) is 84.0 Å². The molecule has 0 aromatic rings. The molecule has 4 saturated carbocycles. The van der Waals surface area contributed by atoms with Gasteiger partial charge in [0.1, 0.15) is 0 Å². The zero-order chi connectivity index (χ0) is 13.3. The standard InChI is InChI=1S/C18H32O/c1-2-3-4-5-6-17(19)13-18-10-14-7-15(11-18)9-16(8-14)12-18/h14-17,19H,2-13H2,1H3. The number of hydrogen-bond donors (Lipinski definition) is 1. The number of aliphatic hydroxyl groups excluding tert-OH is 1. The van der Waals surface area contributed by atoms with Crippen LogP contribution in [0.4, 0.5) is 0 Å². The minimum Gasteiger partial charge on any atom is -0.393 e. The maximum atomic E-state index is 10.4. The fourth-order valence-electron chi connectivity index (χ4n) is 5.95. The Balaban J connectivity index is 1.49. The smallest absolute Gasteiger partial charge is 0.0545 e. The van der Waals surface area contributed by atoms with Crippen LogP contribution < -0.4 is 0 Å². The molecule has 0 heterocycles. The van der Waals surface area contributed by atoms with E-state index in [-0.39, 0.29) is 6.10 Å². The molecule has 0 radical (unpaired) electrons. The van der Waals surface area contributed by atoms with Crippen LogP contribution in [-0.2, 0) is 0 Å².